The molecular weight excluding hydrogens is 246 g/mol. The number of hydrogen-bond donors (Lipinski definition) is 1. The highest BCUT2D eigenvalue weighted by atomic mass is 35.5. The summed E-state index contributed by atoms with van der Waals surface area (Å²) in [5, 5.41) is 17.1. The van der Waals surface area contributed by atoms with E-state index < -0.39 is 10.7 Å². The fourth-order valence-corrected chi connectivity index (χ4v) is 1.55. The summed E-state index contributed by atoms with van der Waals surface area (Å²) in [6.45, 7) is 0. The Labute approximate surface area is 100 Å². The fourth-order valence-electron chi connectivity index (χ4n) is 1.38. The van der Waals surface area contributed by atoms with Gasteiger partial charge in [0.25, 0.3) is 5.69 Å². The van der Waals surface area contributed by atoms with Crippen molar-refractivity contribution in [2.24, 2.45) is 0 Å². The summed E-state index contributed by atoms with van der Waals surface area (Å²) in [4.78, 5) is 22.1. The Morgan fingerprint density at radius 3 is 2.82 bits per heavy atom. The van der Waals surface area contributed by atoms with Crippen molar-refractivity contribution in [2.45, 2.75) is 0 Å². The molecule has 0 unspecified atom stereocenters. The van der Waals surface area contributed by atoms with Gasteiger partial charge >= 0.3 is 0 Å². The van der Waals surface area contributed by atoms with E-state index in [9.17, 15) is 14.9 Å². The SMILES string of the molecule is O=C(c1cn[nH]c1)c1cc(Cl)ccc1[N+](=O)[O-]. The first-order chi connectivity index (χ1) is 8.09. The molecule has 1 aromatic carbocycles. The van der Waals surface area contributed by atoms with E-state index in [4.69, 9.17) is 11.6 Å². The second-order valence-electron chi connectivity index (χ2n) is 3.23. The zero-order valence-corrected chi connectivity index (χ0v) is 9.14. The predicted octanol–water partition coefficient (Wildman–Crippen LogP) is 2.20. The highest BCUT2D eigenvalue weighted by Gasteiger charge is 2.22. The molecule has 1 heterocycles. The largest absolute Gasteiger partial charge is 0.288 e. The van der Waals surface area contributed by atoms with Gasteiger partial charge in [0.1, 0.15) is 5.56 Å². The Balaban J connectivity index is 2.54. The molecule has 1 aromatic heterocycles. The molecule has 0 aliphatic heterocycles. The molecule has 86 valence electrons. The van der Waals surface area contributed by atoms with Gasteiger partial charge in [0.2, 0.25) is 5.78 Å². The average molecular weight is 252 g/mol. The van der Waals surface area contributed by atoms with Gasteiger partial charge in [0, 0.05) is 17.3 Å². The number of ketones is 1. The van der Waals surface area contributed by atoms with Crippen LogP contribution in [0.5, 0.6) is 0 Å². The zero-order chi connectivity index (χ0) is 12.4. The third-order valence-corrected chi connectivity index (χ3v) is 2.40. The molecule has 17 heavy (non-hydrogen) atoms. The third kappa shape index (κ3) is 2.16. The van der Waals surface area contributed by atoms with Crippen LogP contribution in [0.15, 0.2) is 30.6 Å². The van der Waals surface area contributed by atoms with E-state index in [-0.39, 0.29) is 21.8 Å². The van der Waals surface area contributed by atoms with Crippen molar-refractivity contribution in [1.29, 1.82) is 0 Å². The van der Waals surface area contributed by atoms with Gasteiger partial charge in [0.05, 0.1) is 16.7 Å². The van der Waals surface area contributed by atoms with E-state index in [2.05, 4.69) is 10.2 Å². The van der Waals surface area contributed by atoms with Gasteiger partial charge < -0.3 is 0 Å². The summed E-state index contributed by atoms with van der Waals surface area (Å²) in [6, 6.07) is 3.84. The van der Waals surface area contributed by atoms with Gasteiger partial charge in [0.15, 0.2) is 0 Å². The number of nitro benzene ring substituents is 1. The minimum absolute atomic E-state index is 0.0519. The van der Waals surface area contributed by atoms with Crippen LogP contribution in [0.2, 0.25) is 5.02 Å². The fraction of sp³-hybridized carbons (Fsp3) is 0. The lowest BCUT2D eigenvalue weighted by Crippen LogP contribution is -2.04. The molecule has 0 spiro atoms. The first-order valence-corrected chi connectivity index (χ1v) is 4.95. The standard InChI is InChI=1S/C10H6ClN3O3/c11-7-1-2-9(14(16)17)8(3-7)10(15)6-4-12-13-5-6/h1-5H,(H,12,13). The zero-order valence-electron chi connectivity index (χ0n) is 8.38. The van der Waals surface area contributed by atoms with E-state index >= 15 is 0 Å². The number of nitrogens with one attached hydrogen (secondary N) is 1. The van der Waals surface area contributed by atoms with E-state index in [0.717, 1.165) is 0 Å². The molecule has 0 aliphatic rings. The molecule has 6 nitrogen and oxygen atoms in total. The van der Waals surface area contributed by atoms with Gasteiger partial charge in [-0.2, -0.15) is 5.10 Å². The average Bonchev–Trinajstić information content (AvgIpc) is 2.80. The first-order valence-electron chi connectivity index (χ1n) is 4.57. The summed E-state index contributed by atoms with van der Waals surface area (Å²) in [5.41, 5.74) is -0.0835. The van der Waals surface area contributed by atoms with Crippen LogP contribution in [0.3, 0.4) is 0 Å². The Hall–Kier alpha value is -2.21. The van der Waals surface area contributed by atoms with Crippen molar-refractivity contribution >= 4 is 23.1 Å². The maximum atomic E-state index is 12.0. The quantitative estimate of drug-likeness (QED) is 0.514. The lowest BCUT2D eigenvalue weighted by molar-refractivity contribution is -0.385. The van der Waals surface area contributed by atoms with Crippen LogP contribution in [0, 0.1) is 10.1 Å². The maximum absolute atomic E-state index is 12.0. The van der Waals surface area contributed by atoms with Crippen LogP contribution in [-0.4, -0.2) is 20.9 Å². The summed E-state index contributed by atoms with van der Waals surface area (Å²) in [5.74, 6) is -0.493. The minimum atomic E-state index is -0.621. The number of aromatic amines is 1. The van der Waals surface area contributed by atoms with Gasteiger partial charge in [-0.15, -0.1) is 0 Å². The Morgan fingerprint density at radius 2 is 2.24 bits per heavy atom. The molecule has 1 N–H and O–H groups in total. The van der Waals surface area contributed by atoms with Crippen molar-refractivity contribution in [3.63, 3.8) is 0 Å². The summed E-state index contributed by atoms with van der Waals surface area (Å²) in [7, 11) is 0. The number of nitrogens with zero attached hydrogens (tertiary/aromatic N) is 2. The Morgan fingerprint density at radius 1 is 1.47 bits per heavy atom. The molecule has 0 bridgehead atoms. The van der Waals surface area contributed by atoms with Crippen molar-refractivity contribution in [3.8, 4) is 0 Å². The molecule has 0 saturated heterocycles. The van der Waals surface area contributed by atoms with Crippen molar-refractivity contribution in [3.05, 3.63) is 56.9 Å². The molecule has 0 aliphatic carbocycles. The monoisotopic (exact) mass is 251 g/mol. The molecule has 0 radical (unpaired) electrons. The topological polar surface area (TPSA) is 88.9 Å². The van der Waals surface area contributed by atoms with Crippen LogP contribution in [0.4, 0.5) is 5.69 Å². The molecule has 0 saturated carbocycles. The molecule has 2 aromatic rings. The van der Waals surface area contributed by atoms with Gasteiger partial charge in [-0.25, -0.2) is 0 Å². The number of nitro groups is 1. The Kier molecular flexibility index (Phi) is 2.88. The van der Waals surface area contributed by atoms with Crippen molar-refractivity contribution in [1.82, 2.24) is 10.2 Å². The van der Waals surface area contributed by atoms with E-state index in [1.54, 1.807) is 0 Å². The summed E-state index contributed by atoms with van der Waals surface area (Å²) >= 11 is 5.73. The van der Waals surface area contributed by atoms with Gasteiger partial charge in [-0.3, -0.25) is 20.0 Å². The van der Waals surface area contributed by atoms with E-state index in [1.165, 1.54) is 30.6 Å². The number of hydrogen-bond acceptors (Lipinski definition) is 4. The first kappa shape index (κ1) is 11.3. The molecule has 0 fully saturated rings. The highest BCUT2D eigenvalue weighted by Crippen LogP contribution is 2.24. The predicted molar refractivity (Wildman–Crippen MR) is 60.1 cm³/mol. The van der Waals surface area contributed by atoms with Crippen LogP contribution < -0.4 is 0 Å². The van der Waals surface area contributed by atoms with Crippen molar-refractivity contribution < 1.29 is 9.72 Å². The van der Waals surface area contributed by atoms with Gasteiger partial charge in [-0.1, -0.05) is 11.6 Å². The van der Waals surface area contributed by atoms with E-state index in [1.807, 2.05) is 0 Å². The lowest BCUT2D eigenvalue weighted by Gasteiger charge is -2.00. The second kappa shape index (κ2) is 4.34. The number of carbonyl (C=O) groups is 1. The number of carbonyl (C=O) groups excluding carboxylic acids is 1. The number of halogens is 1. The normalized spacial score (nSPS) is 10.2. The van der Waals surface area contributed by atoms with Crippen LogP contribution in [0.1, 0.15) is 15.9 Å². The molecule has 0 amide bonds. The number of aromatic nitrogens is 2. The molecule has 0 atom stereocenters. The maximum Gasteiger partial charge on any atom is 0.280 e. The lowest BCUT2D eigenvalue weighted by atomic mass is 10.0. The molecule has 7 heteroatoms. The number of H-pyrrole nitrogens is 1. The van der Waals surface area contributed by atoms with Gasteiger partial charge in [-0.05, 0) is 12.1 Å². The van der Waals surface area contributed by atoms with Crippen LogP contribution >= 0.6 is 11.6 Å². The van der Waals surface area contributed by atoms with E-state index in [0.29, 0.717) is 0 Å². The van der Waals surface area contributed by atoms with Crippen LogP contribution in [0.25, 0.3) is 0 Å². The van der Waals surface area contributed by atoms with Crippen LogP contribution in [-0.2, 0) is 0 Å². The molecule has 2 rings (SSSR count). The molecular formula is C10H6ClN3O3. The number of rotatable bonds is 3. The summed E-state index contributed by atoms with van der Waals surface area (Å²) in [6.07, 6.45) is 2.67. The summed E-state index contributed by atoms with van der Waals surface area (Å²) < 4.78 is 0. The van der Waals surface area contributed by atoms with Crippen molar-refractivity contribution in [2.75, 3.05) is 0 Å². The second-order valence-corrected chi connectivity index (χ2v) is 3.67. The highest BCUT2D eigenvalue weighted by molar-refractivity contribution is 6.31. The third-order valence-electron chi connectivity index (χ3n) is 2.16. The smallest absolute Gasteiger partial charge is 0.280 e. The number of benzene rings is 1. The minimum Gasteiger partial charge on any atom is -0.288 e. The Bertz CT molecular complexity index is 580.